The molecule has 3 heterocycles. The maximum absolute atomic E-state index is 12.7. The molecule has 2 fully saturated rings. The number of piperidine rings is 1. The van der Waals surface area contributed by atoms with Crippen LogP contribution in [-0.4, -0.2) is 60.1 Å². The molecule has 0 atom stereocenters. The van der Waals surface area contributed by atoms with Crippen molar-refractivity contribution in [3.63, 3.8) is 0 Å². The molecule has 0 radical (unpaired) electrons. The number of benzene rings is 1. The average molecular weight is 404 g/mol. The van der Waals surface area contributed by atoms with Crippen molar-refractivity contribution in [1.29, 1.82) is 0 Å². The Morgan fingerprint density at radius 3 is 2.14 bits per heavy atom. The van der Waals surface area contributed by atoms with Gasteiger partial charge in [-0.2, -0.15) is 13.2 Å². The van der Waals surface area contributed by atoms with E-state index in [0.29, 0.717) is 11.9 Å². The molecule has 0 bridgehead atoms. The SMILES string of the molecule is FC(F)(F)c1ccc(N2CCN(C3CCN(Cc4ccccc4)CC3)CC2)nc1. The summed E-state index contributed by atoms with van der Waals surface area (Å²) in [5.41, 5.74) is 0.672. The Hall–Kier alpha value is -2.12. The minimum absolute atomic E-state index is 0.602. The fourth-order valence-electron chi connectivity index (χ4n) is 4.34. The lowest BCUT2D eigenvalue weighted by atomic mass is 10.0. The molecular formula is C22H27F3N4. The first-order chi connectivity index (χ1) is 14.0. The summed E-state index contributed by atoms with van der Waals surface area (Å²) in [6.45, 7) is 6.73. The highest BCUT2D eigenvalue weighted by Gasteiger charge is 2.31. The number of anilines is 1. The number of alkyl halides is 3. The molecule has 2 aromatic rings. The smallest absolute Gasteiger partial charge is 0.354 e. The largest absolute Gasteiger partial charge is 0.417 e. The fraction of sp³-hybridized carbons (Fsp3) is 0.500. The molecule has 156 valence electrons. The van der Waals surface area contributed by atoms with E-state index in [1.165, 1.54) is 24.5 Å². The Balaban J connectivity index is 1.24. The van der Waals surface area contributed by atoms with Crippen LogP contribution in [-0.2, 0) is 12.7 Å². The molecule has 1 aromatic carbocycles. The molecule has 29 heavy (non-hydrogen) atoms. The number of hydrogen-bond acceptors (Lipinski definition) is 4. The summed E-state index contributed by atoms with van der Waals surface area (Å²) >= 11 is 0. The molecule has 2 aliphatic rings. The average Bonchev–Trinajstić information content (AvgIpc) is 2.75. The number of likely N-dealkylation sites (tertiary alicyclic amines) is 1. The zero-order valence-corrected chi connectivity index (χ0v) is 16.5. The number of halogens is 3. The number of pyridine rings is 1. The van der Waals surface area contributed by atoms with Crippen LogP contribution in [0.3, 0.4) is 0 Å². The summed E-state index contributed by atoms with van der Waals surface area (Å²) in [6, 6.07) is 13.8. The van der Waals surface area contributed by atoms with E-state index in [1.54, 1.807) is 0 Å². The summed E-state index contributed by atoms with van der Waals surface area (Å²) in [7, 11) is 0. The van der Waals surface area contributed by atoms with Crippen molar-refractivity contribution in [3.8, 4) is 0 Å². The van der Waals surface area contributed by atoms with E-state index in [0.717, 1.165) is 58.1 Å². The van der Waals surface area contributed by atoms with Gasteiger partial charge in [0.2, 0.25) is 0 Å². The van der Waals surface area contributed by atoms with Gasteiger partial charge in [0.15, 0.2) is 0 Å². The summed E-state index contributed by atoms with van der Waals surface area (Å²) in [6.07, 6.45) is -1.06. The van der Waals surface area contributed by atoms with Crippen LogP contribution in [0.25, 0.3) is 0 Å². The van der Waals surface area contributed by atoms with Gasteiger partial charge in [0.25, 0.3) is 0 Å². The lowest BCUT2D eigenvalue weighted by Gasteiger charge is -2.43. The Labute approximate surface area is 169 Å². The van der Waals surface area contributed by atoms with Crippen molar-refractivity contribution in [3.05, 3.63) is 59.8 Å². The van der Waals surface area contributed by atoms with Crippen molar-refractivity contribution in [2.24, 2.45) is 0 Å². The van der Waals surface area contributed by atoms with Gasteiger partial charge < -0.3 is 4.90 Å². The van der Waals surface area contributed by atoms with Crippen LogP contribution in [0.4, 0.5) is 19.0 Å². The Morgan fingerprint density at radius 2 is 1.55 bits per heavy atom. The van der Waals surface area contributed by atoms with Crippen molar-refractivity contribution >= 4 is 5.82 Å². The molecule has 0 amide bonds. The van der Waals surface area contributed by atoms with Gasteiger partial charge in [0.05, 0.1) is 5.56 Å². The second-order valence-electron chi connectivity index (χ2n) is 7.92. The Kier molecular flexibility index (Phi) is 6.06. The second kappa shape index (κ2) is 8.71. The third-order valence-corrected chi connectivity index (χ3v) is 6.04. The first-order valence-corrected chi connectivity index (χ1v) is 10.3. The molecule has 0 spiro atoms. The Morgan fingerprint density at radius 1 is 0.862 bits per heavy atom. The van der Waals surface area contributed by atoms with E-state index in [4.69, 9.17) is 0 Å². The van der Waals surface area contributed by atoms with E-state index in [9.17, 15) is 13.2 Å². The summed E-state index contributed by atoms with van der Waals surface area (Å²) in [4.78, 5) is 11.2. The molecule has 0 N–H and O–H groups in total. The highest BCUT2D eigenvalue weighted by Crippen LogP contribution is 2.29. The van der Waals surface area contributed by atoms with Gasteiger partial charge in [-0.05, 0) is 43.6 Å². The van der Waals surface area contributed by atoms with Crippen LogP contribution in [0.1, 0.15) is 24.0 Å². The maximum atomic E-state index is 12.7. The number of rotatable bonds is 4. The predicted molar refractivity (Wildman–Crippen MR) is 108 cm³/mol. The molecule has 0 unspecified atom stereocenters. The molecule has 0 aliphatic carbocycles. The van der Waals surface area contributed by atoms with Gasteiger partial charge in [-0.3, -0.25) is 9.80 Å². The van der Waals surface area contributed by atoms with E-state index in [2.05, 4.69) is 50.0 Å². The van der Waals surface area contributed by atoms with E-state index < -0.39 is 11.7 Å². The minimum Gasteiger partial charge on any atom is -0.354 e. The van der Waals surface area contributed by atoms with Gasteiger partial charge in [0.1, 0.15) is 5.82 Å². The second-order valence-corrected chi connectivity index (χ2v) is 7.92. The molecular weight excluding hydrogens is 377 g/mol. The van der Waals surface area contributed by atoms with Gasteiger partial charge >= 0.3 is 6.18 Å². The van der Waals surface area contributed by atoms with Crippen LogP contribution in [0, 0.1) is 0 Å². The molecule has 0 saturated carbocycles. The van der Waals surface area contributed by atoms with Crippen LogP contribution in [0.5, 0.6) is 0 Å². The lowest BCUT2D eigenvalue weighted by molar-refractivity contribution is -0.137. The van der Waals surface area contributed by atoms with Crippen LogP contribution < -0.4 is 4.90 Å². The topological polar surface area (TPSA) is 22.6 Å². The molecule has 4 rings (SSSR count). The first-order valence-electron chi connectivity index (χ1n) is 10.3. The van der Waals surface area contributed by atoms with Gasteiger partial charge in [0, 0.05) is 45.0 Å². The molecule has 2 aliphatic heterocycles. The summed E-state index contributed by atoms with van der Waals surface area (Å²) in [5, 5.41) is 0. The number of aromatic nitrogens is 1. The van der Waals surface area contributed by atoms with Crippen molar-refractivity contribution in [2.45, 2.75) is 31.6 Å². The first kappa shape index (κ1) is 20.2. The van der Waals surface area contributed by atoms with Gasteiger partial charge in [-0.1, -0.05) is 30.3 Å². The van der Waals surface area contributed by atoms with Gasteiger partial charge in [-0.15, -0.1) is 0 Å². The third kappa shape index (κ3) is 5.08. The Bertz CT molecular complexity index is 763. The zero-order chi connectivity index (χ0) is 20.3. The predicted octanol–water partition coefficient (Wildman–Crippen LogP) is 3.89. The number of piperazine rings is 1. The van der Waals surface area contributed by atoms with E-state index in [-0.39, 0.29) is 0 Å². The highest BCUT2D eigenvalue weighted by atomic mass is 19.4. The van der Waals surface area contributed by atoms with Crippen LogP contribution in [0.2, 0.25) is 0 Å². The molecule has 1 aromatic heterocycles. The van der Waals surface area contributed by atoms with Crippen molar-refractivity contribution < 1.29 is 13.2 Å². The van der Waals surface area contributed by atoms with Crippen molar-refractivity contribution in [1.82, 2.24) is 14.8 Å². The van der Waals surface area contributed by atoms with E-state index in [1.807, 2.05) is 0 Å². The molecule has 2 saturated heterocycles. The maximum Gasteiger partial charge on any atom is 0.417 e. The molecule has 7 heteroatoms. The normalized spacial score (nSPS) is 20.2. The third-order valence-electron chi connectivity index (χ3n) is 6.04. The summed E-state index contributed by atoms with van der Waals surface area (Å²) < 4.78 is 38.1. The number of hydrogen-bond donors (Lipinski definition) is 0. The van der Waals surface area contributed by atoms with Crippen molar-refractivity contribution in [2.75, 3.05) is 44.2 Å². The van der Waals surface area contributed by atoms with E-state index >= 15 is 0 Å². The zero-order valence-electron chi connectivity index (χ0n) is 16.5. The highest BCUT2D eigenvalue weighted by molar-refractivity contribution is 5.40. The standard InChI is InChI=1S/C22H27F3N4/c23-22(24,25)19-6-7-21(26-16-19)29-14-12-28(13-15-29)20-8-10-27(11-9-20)17-18-4-2-1-3-5-18/h1-7,16,20H,8-15,17H2. The number of nitrogens with zero attached hydrogens (tertiary/aromatic N) is 4. The summed E-state index contributed by atoms with van der Waals surface area (Å²) in [5.74, 6) is 0.635. The minimum atomic E-state index is -4.33. The van der Waals surface area contributed by atoms with Gasteiger partial charge in [-0.25, -0.2) is 4.98 Å². The van der Waals surface area contributed by atoms with Crippen LogP contribution >= 0.6 is 0 Å². The molecule has 4 nitrogen and oxygen atoms in total. The quantitative estimate of drug-likeness (QED) is 0.771. The monoisotopic (exact) mass is 404 g/mol. The fourth-order valence-corrected chi connectivity index (χ4v) is 4.34. The lowest BCUT2D eigenvalue weighted by Crippen LogP contribution is -2.53. The van der Waals surface area contributed by atoms with Crippen LogP contribution in [0.15, 0.2) is 48.7 Å².